The Morgan fingerprint density at radius 1 is 1.40 bits per heavy atom. The lowest BCUT2D eigenvalue weighted by Crippen LogP contribution is -2.04. The predicted molar refractivity (Wildman–Crippen MR) is 82.0 cm³/mol. The van der Waals surface area contributed by atoms with Crippen molar-refractivity contribution in [1.29, 1.82) is 0 Å². The first kappa shape index (κ1) is 14.7. The Labute approximate surface area is 126 Å². The maximum Gasteiger partial charge on any atom is 0.142 e. The van der Waals surface area contributed by atoms with E-state index >= 15 is 0 Å². The molecule has 1 aromatic carbocycles. The van der Waals surface area contributed by atoms with Crippen molar-refractivity contribution in [3.8, 4) is 11.5 Å². The van der Waals surface area contributed by atoms with Crippen LogP contribution in [0, 0.1) is 0 Å². The summed E-state index contributed by atoms with van der Waals surface area (Å²) in [4.78, 5) is 0. The van der Waals surface area contributed by atoms with E-state index in [-0.39, 0.29) is 0 Å². The summed E-state index contributed by atoms with van der Waals surface area (Å²) in [6, 6.07) is 5.38. The monoisotopic (exact) mass is 339 g/mol. The number of halogens is 1. The van der Waals surface area contributed by atoms with Crippen LogP contribution in [0.5, 0.6) is 11.5 Å². The molecule has 5 nitrogen and oxygen atoms in total. The molecule has 0 saturated carbocycles. The van der Waals surface area contributed by atoms with E-state index in [1.165, 1.54) is 0 Å². The maximum atomic E-state index is 5.85. The van der Waals surface area contributed by atoms with Gasteiger partial charge in [0, 0.05) is 13.1 Å². The second-order valence-corrected chi connectivity index (χ2v) is 5.17. The molecule has 2 rings (SSSR count). The molecule has 0 aliphatic carbocycles. The second kappa shape index (κ2) is 6.17. The zero-order chi connectivity index (χ0) is 14.7. The summed E-state index contributed by atoms with van der Waals surface area (Å²) in [5.41, 5.74) is 8.44. The van der Waals surface area contributed by atoms with Crippen LogP contribution in [0.1, 0.15) is 18.3 Å². The molecule has 6 heteroatoms. The summed E-state index contributed by atoms with van der Waals surface area (Å²) in [5, 5.41) is 4.43. The fraction of sp³-hybridized carbons (Fsp3) is 0.357. The Hall–Kier alpha value is -1.69. The molecule has 0 amide bonds. The van der Waals surface area contributed by atoms with Gasteiger partial charge in [-0.3, -0.25) is 4.68 Å². The number of nitrogens with two attached hydrogens (primary N) is 1. The molecule has 20 heavy (non-hydrogen) atoms. The first-order chi connectivity index (χ1) is 9.56. The van der Waals surface area contributed by atoms with Gasteiger partial charge in [-0.2, -0.15) is 5.10 Å². The van der Waals surface area contributed by atoms with Crippen LogP contribution in [-0.2, 0) is 20.1 Å². The maximum absolute atomic E-state index is 5.85. The Bertz CT molecular complexity index is 611. The fourth-order valence-corrected chi connectivity index (χ4v) is 2.66. The molecule has 0 fully saturated rings. The third kappa shape index (κ3) is 2.90. The Kier molecular flexibility index (Phi) is 4.54. The molecule has 0 spiro atoms. The van der Waals surface area contributed by atoms with Gasteiger partial charge in [-0.25, -0.2) is 0 Å². The lowest BCUT2D eigenvalue weighted by Gasteiger charge is -2.09. The van der Waals surface area contributed by atoms with Crippen molar-refractivity contribution < 1.29 is 9.47 Å². The number of methoxy groups -OCH3 is 1. The van der Waals surface area contributed by atoms with Crippen molar-refractivity contribution in [3.05, 3.63) is 34.1 Å². The van der Waals surface area contributed by atoms with E-state index in [0.29, 0.717) is 23.8 Å². The van der Waals surface area contributed by atoms with E-state index in [0.717, 1.165) is 22.3 Å². The summed E-state index contributed by atoms with van der Waals surface area (Å²) in [6.45, 7) is 2.50. The molecular weight excluding hydrogens is 322 g/mol. The number of rotatable bonds is 5. The fourth-order valence-electron chi connectivity index (χ4n) is 1.93. The largest absolute Gasteiger partial charge is 0.495 e. The van der Waals surface area contributed by atoms with Gasteiger partial charge in [0.2, 0.25) is 0 Å². The second-order valence-electron chi connectivity index (χ2n) is 4.38. The molecule has 0 unspecified atom stereocenters. The highest BCUT2D eigenvalue weighted by molar-refractivity contribution is 9.10. The molecule has 0 radical (unpaired) electrons. The standard InChI is InChI=1S/C14H18BrN3O2/c1-4-11-14(15)12(18(2)17-11)8-20-9-5-6-13(19-3)10(16)7-9/h5-7H,4,8,16H2,1-3H3. The minimum absolute atomic E-state index is 0.426. The van der Waals surface area contributed by atoms with Gasteiger partial charge in [0.25, 0.3) is 0 Å². The van der Waals surface area contributed by atoms with Gasteiger partial charge in [-0.15, -0.1) is 0 Å². The van der Waals surface area contributed by atoms with Crippen molar-refractivity contribution in [2.45, 2.75) is 20.0 Å². The molecule has 108 valence electrons. The first-order valence-electron chi connectivity index (χ1n) is 6.33. The molecule has 1 heterocycles. The Morgan fingerprint density at radius 2 is 2.15 bits per heavy atom. The lowest BCUT2D eigenvalue weighted by molar-refractivity contribution is 0.293. The molecule has 0 bridgehead atoms. The smallest absolute Gasteiger partial charge is 0.142 e. The van der Waals surface area contributed by atoms with Crippen LogP contribution in [0.2, 0.25) is 0 Å². The zero-order valence-corrected chi connectivity index (χ0v) is 13.4. The van der Waals surface area contributed by atoms with Crippen molar-refractivity contribution in [2.24, 2.45) is 7.05 Å². The predicted octanol–water partition coefficient (Wildman–Crippen LogP) is 2.91. The van der Waals surface area contributed by atoms with Crippen LogP contribution in [0.3, 0.4) is 0 Å². The summed E-state index contributed by atoms with van der Waals surface area (Å²) >= 11 is 3.57. The molecule has 2 aromatic rings. The molecule has 0 aliphatic rings. The van der Waals surface area contributed by atoms with Crippen LogP contribution in [0.15, 0.2) is 22.7 Å². The SMILES string of the molecule is CCc1nn(C)c(COc2ccc(OC)c(N)c2)c1Br. The summed E-state index contributed by atoms with van der Waals surface area (Å²) < 4.78 is 13.7. The Balaban J connectivity index is 2.13. The number of benzene rings is 1. The number of nitrogens with zero attached hydrogens (tertiary/aromatic N) is 2. The van der Waals surface area contributed by atoms with E-state index < -0.39 is 0 Å². The molecular formula is C14H18BrN3O2. The van der Waals surface area contributed by atoms with Crippen molar-refractivity contribution >= 4 is 21.6 Å². The third-order valence-electron chi connectivity index (χ3n) is 3.08. The van der Waals surface area contributed by atoms with Crippen LogP contribution < -0.4 is 15.2 Å². The lowest BCUT2D eigenvalue weighted by atomic mass is 10.3. The highest BCUT2D eigenvalue weighted by atomic mass is 79.9. The minimum Gasteiger partial charge on any atom is -0.495 e. The van der Waals surface area contributed by atoms with Crippen LogP contribution in [0.25, 0.3) is 0 Å². The average Bonchev–Trinajstić information content (AvgIpc) is 2.71. The molecule has 1 aromatic heterocycles. The summed E-state index contributed by atoms with van der Waals surface area (Å²) in [7, 11) is 3.50. The van der Waals surface area contributed by atoms with E-state index in [9.17, 15) is 0 Å². The number of nitrogen functional groups attached to an aromatic ring is 1. The number of hydrogen-bond acceptors (Lipinski definition) is 4. The summed E-state index contributed by atoms with van der Waals surface area (Å²) in [5.74, 6) is 1.35. The average molecular weight is 340 g/mol. The molecule has 0 atom stereocenters. The van der Waals surface area contributed by atoms with Gasteiger partial charge >= 0.3 is 0 Å². The summed E-state index contributed by atoms with van der Waals surface area (Å²) in [6.07, 6.45) is 0.879. The van der Waals surface area contributed by atoms with E-state index in [1.807, 2.05) is 17.8 Å². The number of ether oxygens (including phenoxy) is 2. The third-order valence-corrected chi connectivity index (χ3v) is 4.00. The van der Waals surface area contributed by atoms with Crippen molar-refractivity contribution in [2.75, 3.05) is 12.8 Å². The van der Waals surface area contributed by atoms with Gasteiger partial charge < -0.3 is 15.2 Å². The van der Waals surface area contributed by atoms with E-state index in [1.54, 1.807) is 19.2 Å². The number of anilines is 1. The first-order valence-corrected chi connectivity index (χ1v) is 7.12. The van der Waals surface area contributed by atoms with Gasteiger partial charge in [0.15, 0.2) is 0 Å². The van der Waals surface area contributed by atoms with Gasteiger partial charge in [-0.05, 0) is 34.5 Å². The normalized spacial score (nSPS) is 10.6. The van der Waals surface area contributed by atoms with Crippen LogP contribution in [0.4, 0.5) is 5.69 Å². The highest BCUT2D eigenvalue weighted by Crippen LogP contribution is 2.28. The van der Waals surface area contributed by atoms with Crippen LogP contribution >= 0.6 is 15.9 Å². The van der Waals surface area contributed by atoms with Gasteiger partial charge in [0.05, 0.1) is 28.7 Å². The number of aromatic nitrogens is 2. The van der Waals surface area contributed by atoms with Gasteiger partial charge in [0.1, 0.15) is 18.1 Å². The number of hydrogen-bond donors (Lipinski definition) is 1. The Morgan fingerprint density at radius 3 is 2.70 bits per heavy atom. The zero-order valence-electron chi connectivity index (χ0n) is 11.8. The van der Waals surface area contributed by atoms with Crippen molar-refractivity contribution in [3.63, 3.8) is 0 Å². The minimum atomic E-state index is 0.426. The molecule has 2 N–H and O–H groups in total. The van der Waals surface area contributed by atoms with Crippen LogP contribution in [-0.4, -0.2) is 16.9 Å². The quantitative estimate of drug-likeness (QED) is 0.850. The number of aryl methyl sites for hydroxylation is 2. The van der Waals surface area contributed by atoms with Gasteiger partial charge in [-0.1, -0.05) is 6.92 Å². The topological polar surface area (TPSA) is 62.3 Å². The van der Waals surface area contributed by atoms with E-state index in [2.05, 4.69) is 28.0 Å². The highest BCUT2D eigenvalue weighted by Gasteiger charge is 2.13. The van der Waals surface area contributed by atoms with Crippen molar-refractivity contribution in [1.82, 2.24) is 9.78 Å². The van der Waals surface area contributed by atoms with E-state index in [4.69, 9.17) is 15.2 Å². The molecule has 0 saturated heterocycles. The molecule has 0 aliphatic heterocycles.